The second kappa shape index (κ2) is 6.45. The lowest BCUT2D eigenvalue weighted by molar-refractivity contribution is -0.123. The summed E-state index contributed by atoms with van der Waals surface area (Å²) in [6, 6.07) is 3.88. The maximum Gasteiger partial charge on any atom is 0.244 e. The van der Waals surface area contributed by atoms with Crippen molar-refractivity contribution in [3.8, 4) is 5.75 Å². The van der Waals surface area contributed by atoms with Gasteiger partial charge in [-0.25, -0.2) is 0 Å². The zero-order chi connectivity index (χ0) is 15.5. The normalized spacial score (nSPS) is 17.3. The zero-order valence-corrected chi connectivity index (χ0v) is 13.3. The van der Waals surface area contributed by atoms with Crippen molar-refractivity contribution in [1.29, 1.82) is 0 Å². The van der Waals surface area contributed by atoms with Gasteiger partial charge in [0.2, 0.25) is 5.91 Å². The molecule has 5 heteroatoms. The minimum absolute atomic E-state index is 0.0443. The van der Waals surface area contributed by atoms with E-state index in [1.165, 1.54) is 0 Å². The molecule has 1 saturated heterocycles. The lowest BCUT2D eigenvalue weighted by Crippen LogP contribution is -2.58. The monoisotopic (exact) mass is 291 g/mol. The van der Waals surface area contributed by atoms with Crippen LogP contribution in [-0.4, -0.2) is 38.7 Å². The predicted octanol–water partition coefficient (Wildman–Crippen LogP) is 1.59. The van der Waals surface area contributed by atoms with Crippen LogP contribution in [-0.2, 0) is 4.79 Å². The molecule has 0 aromatic heterocycles. The summed E-state index contributed by atoms with van der Waals surface area (Å²) in [4.78, 5) is 12.7. The number of amides is 1. The van der Waals surface area contributed by atoms with Crippen LogP contribution in [0.15, 0.2) is 12.1 Å². The number of rotatable bonds is 4. The van der Waals surface area contributed by atoms with Crippen LogP contribution < -0.4 is 20.7 Å². The van der Waals surface area contributed by atoms with Crippen molar-refractivity contribution in [2.75, 3.05) is 32.6 Å². The van der Waals surface area contributed by atoms with Gasteiger partial charge in [-0.15, -0.1) is 0 Å². The fraction of sp³-hybridized carbons (Fsp3) is 0.562. The standard InChI is InChI=1S/C16H25N3O2/c1-11-9-13(21-4)10-12(2)14(11)19-15(20)16(17-3)5-7-18-8-6-16/h9-10,17-18H,5-8H2,1-4H3,(H,19,20). The van der Waals surface area contributed by atoms with E-state index in [-0.39, 0.29) is 5.91 Å². The molecule has 2 rings (SSSR count). The van der Waals surface area contributed by atoms with E-state index < -0.39 is 5.54 Å². The number of aryl methyl sites for hydroxylation is 2. The van der Waals surface area contributed by atoms with Crippen LogP contribution in [0.3, 0.4) is 0 Å². The minimum atomic E-state index is -0.482. The van der Waals surface area contributed by atoms with Crippen molar-refractivity contribution in [3.05, 3.63) is 23.3 Å². The van der Waals surface area contributed by atoms with Gasteiger partial charge >= 0.3 is 0 Å². The van der Waals surface area contributed by atoms with E-state index in [1.807, 2.05) is 33.0 Å². The van der Waals surface area contributed by atoms with Gasteiger partial charge in [-0.1, -0.05) is 0 Å². The van der Waals surface area contributed by atoms with Crippen LogP contribution in [0.2, 0.25) is 0 Å². The third kappa shape index (κ3) is 3.19. The molecule has 3 N–H and O–H groups in total. The van der Waals surface area contributed by atoms with E-state index in [1.54, 1.807) is 7.11 Å². The molecule has 1 fully saturated rings. The molecular weight excluding hydrogens is 266 g/mol. The fourth-order valence-corrected chi connectivity index (χ4v) is 2.92. The first-order valence-electron chi connectivity index (χ1n) is 7.39. The third-order valence-electron chi connectivity index (χ3n) is 4.35. The second-order valence-corrected chi connectivity index (χ2v) is 5.67. The molecule has 1 aliphatic heterocycles. The molecule has 0 bridgehead atoms. The summed E-state index contributed by atoms with van der Waals surface area (Å²) in [5.41, 5.74) is 2.43. The highest BCUT2D eigenvalue weighted by Crippen LogP contribution is 2.28. The quantitative estimate of drug-likeness (QED) is 0.788. The highest BCUT2D eigenvalue weighted by molar-refractivity contribution is 5.99. The number of carbonyl (C=O) groups excluding carboxylic acids is 1. The predicted molar refractivity (Wildman–Crippen MR) is 85.0 cm³/mol. The number of ether oxygens (including phenoxy) is 1. The second-order valence-electron chi connectivity index (χ2n) is 5.67. The van der Waals surface area contributed by atoms with E-state index in [0.717, 1.165) is 48.5 Å². The molecule has 0 saturated carbocycles. The molecule has 0 unspecified atom stereocenters. The molecule has 1 aliphatic rings. The number of hydrogen-bond acceptors (Lipinski definition) is 4. The van der Waals surface area contributed by atoms with E-state index in [0.29, 0.717) is 0 Å². The molecule has 1 aromatic rings. The van der Waals surface area contributed by atoms with Crippen LogP contribution in [0.4, 0.5) is 5.69 Å². The van der Waals surface area contributed by atoms with Crippen molar-refractivity contribution in [1.82, 2.24) is 10.6 Å². The summed E-state index contributed by atoms with van der Waals surface area (Å²) in [5.74, 6) is 0.857. The van der Waals surface area contributed by atoms with Gasteiger partial charge in [0.25, 0.3) is 0 Å². The summed E-state index contributed by atoms with van der Waals surface area (Å²) >= 11 is 0. The smallest absolute Gasteiger partial charge is 0.244 e. The minimum Gasteiger partial charge on any atom is -0.497 e. The molecule has 0 atom stereocenters. The summed E-state index contributed by atoms with van der Waals surface area (Å²) in [6.45, 7) is 5.68. The van der Waals surface area contributed by atoms with Gasteiger partial charge in [-0.2, -0.15) is 0 Å². The van der Waals surface area contributed by atoms with Gasteiger partial charge in [0.1, 0.15) is 11.3 Å². The van der Waals surface area contributed by atoms with Gasteiger partial charge in [-0.05, 0) is 70.1 Å². The highest BCUT2D eigenvalue weighted by Gasteiger charge is 2.38. The summed E-state index contributed by atoms with van der Waals surface area (Å²) < 4.78 is 5.26. The number of methoxy groups -OCH3 is 1. The number of piperidine rings is 1. The van der Waals surface area contributed by atoms with Crippen molar-refractivity contribution in [2.45, 2.75) is 32.2 Å². The molecule has 1 amide bonds. The maximum absolute atomic E-state index is 12.7. The van der Waals surface area contributed by atoms with E-state index in [2.05, 4.69) is 16.0 Å². The largest absolute Gasteiger partial charge is 0.497 e. The summed E-state index contributed by atoms with van der Waals surface area (Å²) in [6.07, 6.45) is 1.59. The first-order chi connectivity index (χ1) is 10.0. The number of carbonyl (C=O) groups is 1. The Labute approximate surface area is 126 Å². The van der Waals surface area contributed by atoms with Crippen LogP contribution in [0.5, 0.6) is 5.75 Å². The topological polar surface area (TPSA) is 62.4 Å². The van der Waals surface area contributed by atoms with Gasteiger partial charge in [0.15, 0.2) is 0 Å². The summed E-state index contributed by atoms with van der Waals surface area (Å²) in [5, 5.41) is 9.62. The van der Waals surface area contributed by atoms with Crippen LogP contribution >= 0.6 is 0 Å². The van der Waals surface area contributed by atoms with Gasteiger partial charge in [0, 0.05) is 5.69 Å². The molecule has 0 aliphatic carbocycles. The first kappa shape index (κ1) is 15.8. The van der Waals surface area contributed by atoms with E-state index in [9.17, 15) is 4.79 Å². The molecule has 21 heavy (non-hydrogen) atoms. The molecular formula is C16H25N3O2. The Morgan fingerprint density at radius 1 is 1.24 bits per heavy atom. The number of nitrogens with one attached hydrogen (secondary N) is 3. The average Bonchev–Trinajstić information content (AvgIpc) is 2.51. The SMILES string of the molecule is CNC1(C(=O)Nc2c(C)cc(OC)cc2C)CCNCC1. The Morgan fingerprint density at radius 3 is 2.29 bits per heavy atom. The molecule has 116 valence electrons. The third-order valence-corrected chi connectivity index (χ3v) is 4.35. The zero-order valence-electron chi connectivity index (χ0n) is 13.3. The number of hydrogen-bond donors (Lipinski definition) is 3. The Bertz CT molecular complexity index is 499. The Kier molecular flexibility index (Phi) is 4.85. The lowest BCUT2D eigenvalue weighted by atomic mass is 9.87. The van der Waals surface area contributed by atoms with E-state index in [4.69, 9.17) is 4.74 Å². The Balaban J connectivity index is 2.23. The average molecular weight is 291 g/mol. The molecule has 0 spiro atoms. The Hall–Kier alpha value is -1.59. The fourth-order valence-electron chi connectivity index (χ4n) is 2.92. The van der Waals surface area contributed by atoms with Crippen LogP contribution in [0.1, 0.15) is 24.0 Å². The lowest BCUT2D eigenvalue weighted by Gasteiger charge is -2.36. The van der Waals surface area contributed by atoms with Gasteiger partial charge in [-0.3, -0.25) is 4.79 Å². The molecule has 5 nitrogen and oxygen atoms in total. The van der Waals surface area contributed by atoms with Gasteiger partial charge in [0.05, 0.1) is 7.11 Å². The van der Waals surface area contributed by atoms with Crippen molar-refractivity contribution in [3.63, 3.8) is 0 Å². The van der Waals surface area contributed by atoms with E-state index >= 15 is 0 Å². The number of benzene rings is 1. The number of anilines is 1. The molecule has 1 aromatic carbocycles. The van der Waals surface area contributed by atoms with Crippen LogP contribution in [0.25, 0.3) is 0 Å². The van der Waals surface area contributed by atoms with Crippen molar-refractivity contribution < 1.29 is 9.53 Å². The molecule has 0 radical (unpaired) electrons. The first-order valence-corrected chi connectivity index (χ1v) is 7.39. The van der Waals surface area contributed by atoms with Crippen molar-refractivity contribution in [2.24, 2.45) is 0 Å². The van der Waals surface area contributed by atoms with Crippen molar-refractivity contribution >= 4 is 11.6 Å². The maximum atomic E-state index is 12.7. The van der Waals surface area contributed by atoms with Gasteiger partial charge < -0.3 is 20.7 Å². The Morgan fingerprint density at radius 2 is 1.81 bits per heavy atom. The highest BCUT2D eigenvalue weighted by atomic mass is 16.5. The number of likely N-dealkylation sites (N-methyl/N-ethyl adjacent to an activating group) is 1. The summed E-state index contributed by atoms with van der Waals surface area (Å²) in [7, 11) is 3.51. The van der Waals surface area contributed by atoms with Crippen LogP contribution in [0, 0.1) is 13.8 Å². The molecule has 1 heterocycles.